The monoisotopic (exact) mass is 460 g/mol. The number of nitrogens with one attached hydrogen (secondary N) is 2. The van der Waals surface area contributed by atoms with Gasteiger partial charge in [0.2, 0.25) is 5.91 Å². The van der Waals surface area contributed by atoms with Crippen molar-refractivity contribution in [1.29, 1.82) is 0 Å². The summed E-state index contributed by atoms with van der Waals surface area (Å²) in [6.07, 6.45) is 0.155. The van der Waals surface area contributed by atoms with Gasteiger partial charge in [0.25, 0.3) is 0 Å². The number of carbonyl (C=O) groups excluding carboxylic acids is 2. The SMILES string of the molecule is CC(C)c1nc(CN(C)C(=O)N[C@H](C(=O)N[C@@H](Cc2ccccc2)C(=O)O)C(C)C)cs1. The molecule has 174 valence electrons. The number of aromatic nitrogens is 1. The molecule has 0 bridgehead atoms. The Labute approximate surface area is 193 Å². The number of carboxylic acids is 1. The molecule has 9 heteroatoms. The maximum absolute atomic E-state index is 12.9. The molecule has 0 unspecified atom stereocenters. The molecule has 0 aliphatic heterocycles. The molecule has 2 rings (SSSR count). The van der Waals surface area contributed by atoms with Crippen LogP contribution in [-0.2, 0) is 22.6 Å². The van der Waals surface area contributed by atoms with Crippen molar-refractivity contribution < 1.29 is 19.5 Å². The number of aliphatic carboxylic acids is 1. The van der Waals surface area contributed by atoms with Crippen molar-refractivity contribution >= 4 is 29.2 Å². The van der Waals surface area contributed by atoms with Gasteiger partial charge in [-0.3, -0.25) is 4.79 Å². The number of thiazole rings is 1. The normalized spacial score (nSPS) is 13.0. The van der Waals surface area contributed by atoms with E-state index in [4.69, 9.17) is 0 Å². The zero-order valence-electron chi connectivity index (χ0n) is 19.2. The Morgan fingerprint density at radius 1 is 1.09 bits per heavy atom. The quantitative estimate of drug-likeness (QED) is 0.504. The highest BCUT2D eigenvalue weighted by atomic mass is 32.1. The minimum absolute atomic E-state index is 0.155. The third-order valence-corrected chi connectivity index (χ3v) is 6.13. The number of carbonyl (C=O) groups is 3. The molecule has 8 nitrogen and oxygen atoms in total. The second kappa shape index (κ2) is 11.6. The smallest absolute Gasteiger partial charge is 0.326 e. The molecule has 0 spiro atoms. The van der Waals surface area contributed by atoms with Crippen LogP contribution in [0.5, 0.6) is 0 Å². The van der Waals surface area contributed by atoms with E-state index in [1.807, 2.05) is 35.7 Å². The summed E-state index contributed by atoms with van der Waals surface area (Å²) < 4.78 is 0. The molecule has 32 heavy (non-hydrogen) atoms. The minimum atomic E-state index is -1.13. The lowest BCUT2D eigenvalue weighted by Gasteiger charge is -2.26. The molecular weight excluding hydrogens is 428 g/mol. The molecule has 0 aliphatic carbocycles. The fraction of sp³-hybridized carbons (Fsp3) is 0.478. The summed E-state index contributed by atoms with van der Waals surface area (Å²) >= 11 is 1.56. The number of amides is 3. The molecule has 2 aromatic rings. The molecule has 0 saturated heterocycles. The molecule has 1 aromatic carbocycles. The highest BCUT2D eigenvalue weighted by Gasteiger charge is 2.29. The highest BCUT2D eigenvalue weighted by molar-refractivity contribution is 7.09. The van der Waals surface area contributed by atoms with Crippen LogP contribution >= 0.6 is 11.3 Å². The summed E-state index contributed by atoms with van der Waals surface area (Å²) in [5.74, 6) is -1.57. The maximum atomic E-state index is 12.9. The van der Waals surface area contributed by atoms with Crippen LogP contribution in [0.2, 0.25) is 0 Å². The second-order valence-electron chi connectivity index (χ2n) is 8.45. The summed E-state index contributed by atoms with van der Waals surface area (Å²) in [7, 11) is 1.63. The van der Waals surface area contributed by atoms with Crippen LogP contribution in [0.3, 0.4) is 0 Å². The van der Waals surface area contributed by atoms with Crippen LogP contribution in [0.15, 0.2) is 35.7 Å². The molecule has 3 amide bonds. The molecule has 1 aromatic heterocycles. The second-order valence-corrected chi connectivity index (χ2v) is 9.34. The van der Waals surface area contributed by atoms with Crippen LogP contribution in [0.1, 0.15) is 49.9 Å². The van der Waals surface area contributed by atoms with E-state index in [2.05, 4.69) is 29.5 Å². The van der Waals surface area contributed by atoms with Crippen LogP contribution < -0.4 is 10.6 Å². The third kappa shape index (κ3) is 7.33. The lowest BCUT2D eigenvalue weighted by molar-refractivity contribution is -0.142. The Balaban J connectivity index is 2.01. The molecular formula is C23H32N4O4S. The Bertz CT molecular complexity index is 914. The Morgan fingerprint density at radius 3 is 2.28 bits per heavy atom. The number of carboxylic acid groups (broad SMARTS) is 1. The van der Waals surface area contributed by atoms with Crippen molar-refractivity contribution in [3.8, 4) is 0 Å². The lowest BCUT2D eigenvalue weighted by Crippen LogP contribution is -2.56. The van der Waals surface area contributed by atoms with Gasteiger partial charge in [0.1, 0.15) is 12.1 Å². The first-order valence-corrected chi connectivity index (χ1v) is 11.5. The zero-order valence-corrected chi connectivity index (χ0v) is 20.0. The first kappa shape index (κ1) is 25.3. The summed E-state index contributed by atoms with van der Waals surface area (Å²) in [6.45, 7) is 8.03. The molecule has 2 atom stereocenters. The van der Waals surface area contributed by atoms with Crippen molar-refractivity contribution in [3.63, 3.8) is 0 Å². The highest BCUT2D eigenvalue weighted by Crippen LogP contribution is 2.19. The van der Waals surface area contributed by atoms with Gasteiger partial charge in [-0.2, -0.15) is 0 Å². The molecule has 0 fully saturated rings. The van der Waals surface area contributed by atoms with Gasteiger partial charge in [-0.25, -0.2) is 14.6 Å². The Morgan fingerprint density at radius 2 is 1.75 bits per heavy atom. The largest absolute Gasteiger partial charge is 0.480 e. The molecule has 0 aliphatic rings. The van der Waals surface area contributed by atoms with E-state index in [1.165, 1.54) is 4.90 Å². The fourth-order valence-corrected chi connectivity index (χ4v) is 3.89. The molecule has 0 radical (unpaired) electrons. The van der Waals surface area contributed by atoms with Gasteiger partial charge in [0.05, 0.1) is 17.2 Å². The fourth-order valence-electron chi connectivity index (χ4n) is 3.06. The maximum Gasteiger partial charge on any atom is 0.326 e. The van der Waals surface area contributed by atoms with Gasteiger partial charge in [-0.1, -0.05) is 58.0 Å². The van der Waals surface area contributed by atoms with E-state index in [1.54, 1.807) is 32.2 Å². The van der Waals surface area contributed by atoms with Gasteiger partial charge < -0.3 is 20.6 Å². The van der Waals surface area contributed by atoms with Crippen LogP contribution in [-0.4, -0.2) is 52.0 Å². The van der Waals surface area contributed by atoms with E-state index in [0.29, 0.717) is 12.5 Å². The first-order valence-electron chi connectivity index (χ1n) is 10.6. The van der Waals surface area contributed by atoms with E-state index in [9.17, 15) is 19.5 Å². The predicted molar refractivity (Wildman–Crippen MR) is 125 cm³/mol. The average molecular weight is 461 g/mol. The van der Waals surface area contributed by atoms with Gasteiger partial charge >= 0.3 is 12.0 Å². The predicted octanol–water partition coefficient (Wildman–Crippen LogP) is 3.24. The van der Waals surface area contributed by atoms with Gasteiger partial charge in [0.15, 0.2) is 0 Å². The Kier molecular flexibility index (Phi) is 9.19. The van der Waals surface area contributed by atoms with Crippen molar-refractivity contribution in [3.05, 3.63) is 52.0 Å². The standard InChI is InChI=1S/C23H32N4O4S/c1-14(2)19(20(28)25-18(22(29)30)11-16-9-7-6-8-10-16)26-23(31)27(5)12-17-13-32-21(24-17)15(3)4/h6-10,13-15,18-19H,11-12H2,1-5H3,(H,25,28)(H,26,31)(H,29,30)/t18-,19-/m0/s1. The molecule has 0 saturated carbocycles. The van der Waals surface area contributed by atoms with E-state index < -0.39 is 30.0 Å². The first-order chi connectivity index (χ1) is 15.1. The van der Waals surface area contributed by atoms with Gasteiger partial charge in [-0.15, -0.1) is 11.3 Å². The van der Waals surface area contributed by atoms with E-state index in [0.717, 1.165) is 16.3 Å². The molecule has 1 heterocycles. The van der Waals surface area contributed by atoms with Crippen molar-refractivity contribution in [1.82, 2.24) is 20.5 Å². The van der Waals surface area contributed by atoms with Crippen molar-refractivity contribution in [2.75, 3.05) is 7.05 Å². The summed E-state index contributed by atoms with van der Waals surface area (Å²) in [5, 5.41) is 17.8. The van der Waals surface area contributed by atoms with Crippen LogP contribution in [0.4, 0.5) is 4.79 Å². The minimum Gasteiger partial charge on any atom is -0.480 e. The third-order valence-electron chi connectivity index (χ3n) is 4.93. The van der Waals surface area contributed by atoms with Gasteiger partial charge in [0, 0.05) is 24.8 Å². The lowest BCUT2D eigenvalue weighted by atomic mass is 10.0. The number of urea groups is 1. The number of nitrogens with zero attached hydrogens (tertiary/aromatic N) is 2. The van der Waals surface area contributed by atoms with E-state index in [-0.39, 0.29) is 12.3 Å². The van der Waals surface area contributed by atoms with Crippen molar-refractivity contribution in [2.24, 2.45) is 5.92 Å². The van der Waals surface area contributed by atoms with Crippen LogP contribution in [0.25, 0.3) is 0 Å². The average Bonchev–Trinajstić information content (AvgIpc) is 3.20. The summed E-state index contributed by atoms with van der Waals surface area (Å²) in [4.78, 5) is 43.3. The van der Waals surface area contributed by atoms with Gasteiger partial charge in [-0.05, 0) is 11.5 Å². The number of rotatable bonds is 10. The number of hydrogen-bond donors (Lipinski definition) is 3. The number of hydrogen-bond acceptors (Lipinski definition) is 5. The van der Waals surface area contributed by atoms with Crippen LogP contribution in [0, 0.1) is 5.92 Å². The number of benzene rings is 1. The van der Waals surface area contributed by atoms with E-state index >= 15 is 0 Å². The Hall–Kier alpha value is -2.94. The summed E-state index contributed by atoms with van der Waals surface area (Å²) in [5.41, 5.74) is 1.59. The molecule has 3 N–H and O–H groups in total. The topological polar surface area (TPSA) is 112 Å². The zero-order chi connectivity index (χ0) is 23.8. The summed E-state index contributed by atoms with van der Waals surface area (Å²) in [6, 6.07) is 6.70. The van der Waals surface area contributed by atoms with Crippen molar-refractivity contribution in [2.45, 2.75) is 58.7 Å².